The molecule has 1 aliphatic rings. The molecule has 2 atom stereocenters. The molecule has 1 fully saturated rings. The molecule has 0 aliphatic carbocycles. The summed E-state index contributed by atoms with van der Waals surface area (Å²) < 4.78 is 5.50. The lowest BCUT2D eigenvalue weighted by Gasteiger charge is -2.34. The van der Waals surface area contributed by atoms with Gasteiger partial charge >= 0.3 is 0 Å². The van der Waals surface area contributed by atoms with E-state index in [0.717, 1.165) is 38.8 Å². The third-order valence-corrected chi connectivity index (χ3v) is 5.38. The molecule has 0 radical (unpaired) electrons. The Morgan fingerprint density at radius 3 is 2.65 bits per heavy atom. The lowest BCUT2D eigenvalue weighted by Crippen LogP contribution is -2.48. The van der Waals surface area contributed by atoms with Crippen molar-refractivity contribution in [2.75, 3.05) is 39.9 Å². The van der Waals surface area contributed by atoms with Crippen molar-refractivity contribution in [1.29, 1.82) is 0 Å². The monoisotopic (exact) mass is 338 g/mol. The first-order chi connectivity index (χ1) is 11.1. The van der Waals surface area contributed by atoms with E-state index in [1.54, 1.807) is 0 Å². The molecule has 23 heavy (non-hydrogen) atoms. The van der Waals surface area contributed by atoms with Gasteiger partial charge in [-0.3, -0.25) is 9.89 Å². The Morgan fingerprint density at radius 2 is 2.09 bits per heavy atom. The summed E-state index contributed by atoms with van der Waals surface area (Å²) in [7, 11) is 1.83. The summed E-state index contributed by atoms with van der Waals surface area (Å²) in [5, 5.41) is 9.12. The minimum absolute atomic E-state index is 0.367. The van der Waals surface area contributed by atoms with Crippen LogP contribution in [0.3, 0.4) is 0 Å². The van der Waals surface area contributed by atoms with Crippen molar-refractivity contribution >= 4 is 17.3 Å². The molecular weight excluding hydrogens is 308 g/mol. The molecule has 1 aromatic heterocycles. The molecule has 0 saturated carbocycles. The molecule has 130 valence electrons. The molecule has 6 heteroatoms. The molecule has 1 saturated heterocycles. The second kappa shape index (κ2) is 9.25. The SMILES string of the molecule is CN=C(NCC(c1cccs1)N1CCOCC1)NC(C)C(C)C. The highest BCUT2D eigenvalue weighted by Crippen LogP contribution is 2.25. The normalized spacial score (nSPS) is 19.6. The number of morpholine rings is 1. The second-order valence-electron chi connectivity index (χ2n) is 6.31. The third kappa shape index (κ3) is 5.48. The van der Waals surface area contributed by atoms with Gasteiger partial charge < -0.3 is 15.4 Å². The van der Waals surface area contributed by atoms with E-state index in [-0.39, 0.29) is 0 Å². The van der Waals surface area contributed by atoms with Gasteiger partial charge in [-0.1, -0.05) is 19.9 Å². The summed E-state index contributed by atoms with van der Waals surface area (Å²) in [4.78, 5) is 8.26. The van der Waals surface area contributed by atoms with Gasteiger partial charge in [0.25, 0.3) is 0 Å². The van der Waals surface area contributed by atoms with E-state index in [4.69, 9.17) is 4.74 Å². The molecule has 0 amide bonds. The quantitative estimate of drug-likeness (QED) is 0.617. The average Bonchev–Trinajstić information content (AvgIpc) is 3.09. The van der Waals surface area contributed by atoms with E-state index in [1.165, 1.54) is 4.88 Å². The van der Waals surface area contributed by atoms with Crippen molar-refractivity contribution in [1.82, 2.24) is 15.5 Å². The first-order valence-corrected chi connectivity index (χ1v) is 9.32. The Labute approximate surface area is 144 Å². The van der Waals surface area contributed by atoms with Gasteiger partial charge in [-0.15, -0.1) is 11.3 Å². The Bertz CT molecular complexity index is 469. The first-order valence-electron chi connectivity index (χ1n) is 8.44. The first kappa shape index (κ1) is 18.2. The van der Waals surface area contributed by atoms with Gasteiger partial charge in [0.05, 0.1) is 19.3 Å². The molecule has 0 bridgehead atoms. The summed E-state index contributed by atoms with van der Waals surface area (Å²) in [6.45, 7) is 11.1. The molecule has 0 spiro atoms. The van der Waals surface area contributed by atoms with Crippen LogP contribution < -0.4 is 10.6 Å². The van der Waals surface area contributed by atoms with Crippen LogP contribution >= 0.6 is 11.3 Å². The van der Waals surface area contributed by atoms with Gasteiger partial charge in [-0.25, -0.2) is 0 Å². The van der Waals surface area contributed by atoms with E-state index in [1.807, 2.05) is 18.4 Å². The van der Waals surface area contributed by atoms with Gasteiger partial charge in [0.2, 0.25) is 0 Å². The Balaban J connectivity index is 1.97. The van der Waals surface area contributed by atoms with Gasteiger partial charge in [-0.05, 0) is 24.3 Å². The van der Waals surface area contributed by atoms with Crippen molar-refractivity contribution in [3.8, 4) is 0 Å². The predicted octanol–water partition coefficient (Wildman–Crippen LogP) is 2.33. The second-order valence-corrected chi connectivity index (χ2v) is 7.29. The fraction of sp³-hybridized carbons (Fsp3) is 0.706. The highest BCUT2D eigenvalue weighted by atomic mass is 32.1. The number of aliphatic imine (C=N–C) groups is 1. The van der Waals surface area contributed by atoms with Crippen molar-refractivity contribution in [2.45, 2.75) is 32.9 Å². The van der Waals surface area contributed by atoms with Crippen molar-refractivity contribution in [2.24, 2.45) is 10.9 Å². The minimum atomic E-state index is 0.367. The number of guanidine groups is 1. The summed E-state index contributed by atoms with van der Waals surface area (Å²) in [5.74, 6) is 1.45. The van der Waals surface area contributed by atoms with Crippen LogP contribution in [0.25, 0.3) is 0 Å². The van der Waals surface area contributed by atoms with Crippen LogP contribution in [0.1, 0.15) is 31.7 Å². The molecule has 5 nitrogen and oxygen atoms in total. The van der Waals surface area contributed by atoms with Crippen LogP contribution in [-0.4, -0.2) is 56.8 Å². The smallest absolute Gasteiger partial charge is 0.191 e. The molecule has 2 heterocycles. The lowest BCUT2D eigenvalue weighted by molar-refractivity contribution is 0.0177. The van der Waals surface area contributed by atoms with Crippen LogP contribution in [0.5, 0.6) is 0 Å². The van der Waals surface area contributed by atoms with Crippen molar-refractivity contribution in [3.63, 3.8) is 0 Å². The molecule has 2 rings (SSSR count). The molecule has 0 aromatic carbocycles. The zero-order valence-corrected chi connectivity index (χ0v) is 15.5. The number of ether oxygens (including phenoxy) is 1. The van der Waals surface area contributed by atoms with E-state index in [0.29, 0.717) is 18.0 Å². The largest absolute Gasteiger partial charge is 0.379 e. The standard InChI is InChI=1S/C17H30N4OS/c1-13(2)14(3)20-17(18-4)19-12-15(16-6-5-11-23-16)21-7-9-22-10-8-21/h5-6,11,13-15H,7-10,12H2,1-4H3,(H2,18,19,20). The number of rotatable bonds is 6. The fourth-order valence-corrected chi connectivity index (χ4v) is 3.41. The molecule has 1 aromatic rings. The van der Waals surface area contributed by atoms with Gasteiger partial charge in [0, 0.05) is 37.6 Å². The van der Waals surface area contributed by atoms with Crippen LogP contribution in [0, 0.1) is 5.92 Å². The van der Waals surface area contributed by atoms with Crippen LogP contribution in [0.4, 0.5) is 0 Å². The lowest BCUT2D eigenvalue weighted by atomic mass is 10.1. The van der Waals surface area contributed by atoms with E-state index in [2.05, 4.69) is 58.8 Å². The fourth-order valence-electron chi connectivity index (χ4n) is 2.55. The molecular formula is C17H30N4OS. The van der Waals surface area contributed by atoms with Gasteiger partial charge in [0.1, 0.15) is 0 Å². The maximum Gasteiger partial charge on any atom is 0.191 e. The molecule has 1 aliphatic heterocycles. The molecule has 2 N–H and O–H groups in total. The highest BCUT2D eigenvalue weighted by molar-refractivity contribution is 7.10. The topological polar surface area (TPSA) is 48.9 Å². The Hall–Kier alpha value is -1.11. The number of hydrogen-bond acceptors (Lipinski definition) is 4. The van der Waals surface area contributed by atoms with E-state index in [9.17, 15) is 0 Å². The van der Waals surface area contributed by atoms with E-state index < -0.39 is 0 Å². The van der Waals surface area contributed by atoms with Gasteiger partial charge in [0.15, 0.2) is 5.96 Å². The highest BCUT2D eigenvalue weighted by Gasteiger charge is 2.23. The molecule has 2 unspecified atom stereocenters. The average molecular weight is 339 g/mol. The van der Waals surface area contributed by atoms with E-state index >= 15 is 0 Å². The Morgan fingerprint density at radius 1 is 1.35 bits per heavy atom. The third-order valence-electron chi connectivity index (χ3n) is 4.41. The minimum Gasteiger partial charge on any atom is -0.379 e. The maximum absolute atomic E-state index is 5.50. The summed E-state index contributed by atoms with van der Waals surface area (Å²) in [6, 6.07) is 5.11. The van der Waals surface area contributed by atoms with Crippen LogP contribution in [-0.2, 0) is 4.74 Å². The maximum atomic E-state index is 5.50. The van der Waals surface area contributed by atoms with Crippen LogP contribution in [0.2, 0.25) is 0 Å². The van der Waals surface area contributed by atoms with Gasteiger partial charge in [-0.2, -0.15) is 0 Å². The van der Waals surface area contributed by atoms with Crippen molar-refractivity contribution < 1.29 is 4.74 Å². The Kier molecular flexibility index (Phi) is 7.33. The zero-order valence-electron chi connectivity index (χ0n) is 14.7. The number of nitrogens with zero attached hydrogens (tertiary/aromatic N) is 2. The van der Waals surface area contributed by atoms with Crippen molar-refractivity contribution in [3.05, 3.63) is 22.4 Å². The number of nitrogens with one attached hydrogen (secondary N) is 2. The number of hydrogen-bond donors (Lipinski definition) is 2. The zero-order chi connectivity index (χ0) is 16.7. The van der Waals surface area contributed by atoms with Crippen LogP contribution in [0.15, 0.2) is 22.5 Å². The predicted molar refractivity (Wildman–Crippen MR) is 98.2 cm³/mol. The summed E-state index contributed by atoms with van der Waals surface area (Å²) >= 11 is 1.82. The summed E-state index contributed by atoms with van der Waals surface area (Å²) in [6.07, 6.45) is 0. The number of thiophene rings is 1. The summed E-state index contributed by atoms with van der Waals surface area (Å²) in [5.41, 5.74) is 0.